The number of aromatic nitrogens is 2. The van der Waals surface area contributed by atoms with Crippen molar-refractivity contribution < 1.29 is 13.9 Å². The number of nitrogens with zero attached hydrogens (tertiary/aromatic N) is 1. The summed E-state index contributed by atoms with van der Waals surface area (Å²) < 4.78 is 18.6. The van der Waals surface area contributed by atoms with Crippen LogP contribution >= 0.6 is 0 Å². The summed E-state index contributed by atoms with van der Waals surface area (Å²) in [6, 6.07) is 5.79. The highest BCUT2D eigenvalue weighted by Gasteiger charge is 2.26. The number of aromatic amines is 1. The van der Waals surface area contributed by atoms with Crippen LogP contribution in [0.25, 0.3) is 0 Å². The Morgan fingerprint density at radius 3 is 2.83 bits per heavy atom. The quantitative estimate of drug-likeness (QED) is 0.779. The molecule has 1 amide bonds. The van der Waals surface area contributed by atoms with Gasteiger partial charge >= 0.3 is 0 Å². The maximum atomic E-state index is 13.1. The molecule has 2 heterocycles. The fourth-order valence-electron chi connectivity index (χ4n) is 3.05. The van der Waals surface area contributed by atoms with Gasteiger partial charge in [0.1, 0.15) is 11.9 Å². The van der Waals surface area contributed by atoms with E-state index in [1.54, 1.807) is 19.2 Å². The lowest BCUT2D eigenvalue weighted by molar-refractivity contribution is 0.0641. The van der Waals surface area contributed by atoms with E-state index in [-0.39, 0.29) is 23.9 Å². The first-order valence-electron chi connectivity index (χ1n) is 7.96. The summed E-state index contributed by atoms with van der Waals surface area (Å²) in [6.07, 6.45) is 0.462. The lowest BCUT2D eigenvalue weighted by Gasteiger charge is -2.24. The van der Waals surface area contributed by atoms with E-state index in [0.29, 0.717) is 12.2 Å². The summed E-state index contributed by atoms with van der Waals surface area (Å²) in [5.41, 5.74) is 3.14. The molecule has 1 aromatic carbocycles. The second-order valence-electron chi connectivity index (χ2n) is 5.93. The van der Waals surface area contributed by atoms with E-state index in [1.165, 1.54) is 12.1 Å². The molecule has 0 fully saturated rings. The summed E-state index contributed by atoms with van der Waals surface area (Å²) in [6.45, 7) is 3.37. The Bertz CT molecular complexity index is 714. The van der Waals surface area contributed by atoms with E-state index in [4.69, 9.17) is 4.74 Å². The molecule has 24 heavy (non-hydrogen) atoms. The third-order valence-corrected chi connectivity index (χ3v) is 4.29. The molecule has 0 bridgehead atoms. The normalized spacial score (nSPS) is 16.3. The molecule has 6 nitrogen and oxygen atoms in total. The van der Waals surface area contributed by atoms with Crippen molar-refractivity contribution in [2.75, 3.05) is 13.7 Å². The van der Waals surface area contributed by atoms with Crippen molar-refractivity contribution in [3.63, 3.8) is 0 Å². The van der Waals surface area contributed by atoms with Crippen molar-refractivity contribution >= 4 is 5.91 Å². The molecule has 1 aliphatic rings. The maximum absolute atomic E-state index is 13.1. The molecule has 3 N–H and O–H groups in total. The number of H-pyrrole nitrogens is 1. The Balaban J connectivity index is 1.73. The predicted molar refractivity (Wildman–Crippen MR) is 87.1 cm³/mol. The van der Waals surface area contributed by atoms with E-state index in [1.807, 2.05) is 6.92 Å². The predicted octanol–water partition coefficient (Wildman–Crippen LogP) is 1.70. The fourth-order valence-corrected chi connectivity index (χ4v) is 3.05. The van der Waals surface area contributed by atoms with Crippen LogP contribution in [0.15, 0.2) is 24.3 Å². The smallest absolute Gasteiger partial charge is 0.272 e. The number of amides is 1. The maximum Gasteiger partial charge on any atom is 0.272 e. The largest absolute Gasteiger partial charge is 0.375 e. The minimum absolute atomic E-state index is 0.243. The number of rotatable bonds is 5. The highest BCUT2D eigenvalue weighted by molar-refractivity contribution is 5.94. The van der Waals surface area contributed by atoms with Gasteiger partial charge in [-0.3, -0.25) is 9.89 Å². The van der Waals surface area contributed by atoms with Crippen LogP contribution in [0.4, 0.5) is 4.39 Å². The van der Waals surface area contributed by atoms with Gasteiger partial charge in [0.25, 0.3) is 5.91 Å². The first-order valence-corrected chi connectivity index (χ1v) is 7.96. The van der Waals surface area contributed by atoms with Crippen LogP contribution in [0.3, 0.4) is 0 Å². The third-order valence-electron chi connectivity index (χ3n) is 4.29. The molecular formula is C17H21FN4O2. The Morgan fingerprint density at radius 1 is 1.38 bits per heavy atom. The average molecular weight is 332 g/mol. The van der Waals surface area contributed by atoms with Gasteiger partial charge < -0.3 is 15.4 Å². The highest BCUT2D eigenvalue weighted by atomic mass is 19.1. The van der Waals surface area contributed by atoms with Crippen LogP contribution in [0.1, 0.15) is 40.3 Å². The summed E-state index contributed by atoms with van der Waals surface area (Å²) in [5.74, 6) is -0.547. The second-order valence-corrected chi connectivity index (χ2v) is 5.93. The lowest BCUT2D eigenvalue weighted by atomic mass is 10.0. The van der Waals surface area contributed by atoms with Gasteiger partial charge in [0.2, 0.25) is 0 Å². The molecule has 0 radical (unpaired) electrons. The molecule has 2 unspecified atom stereocenters. The minimum Gasteiger partial charge on any atom is -0.375 e. The number of carbonyl (C=O) groups is 1. The molecule has 2 aromatic rings. The fraction of sp³-hybridized carbons (Fsp3) is 0.412. The Morgan fingerprint density at radius 2 is 2.12 bits per heavy atom. The van der Waals surface area contributed by atoms with Crippen LogP contribution in [0.5, 0.6) is 0 Å². The van der Waals surface area contributed by atoms with Crippen molar-refractivity contribution in [3.8, 4) is 0 Å². The van der Waals surface area contributed by atoms with E-state index in [9.17, 15) is 9.18 Å². The monoisotopic (exact) mass is 332 g/mol. The van der Waals surface area contributed by atoms with Gasteiger partial charge in [-0.25, -0.2) is 4.39 Å². The second kappa shape index (κ2) is 7.11. The van der Waals surface area contributed by atoms with Gasteiger partial charge in [-0.15, -0.1) is 0 Å². The number of nitrogens with one attached hydrogen (secondary N) is 3. The van der Waals surface area contributed by atoms with E-state index >= 15 is 0 Å². The molecule has 0 saturated carbocycles. The zero-order valence-electron chi connectivity index (χ0n) is 13.7. The number of fused-ring (bicyclic) bond motifs is 1. The number of ether oxygens (including phenoxy) is 1. The van der Waals surface area contributed by atoms with E-state index in [2.05, 4.69) is 20.8 Å². The van der Waals surface area contributed by atoms with Crippen molar-refractivity contribution in [2.45, 2.75) is 32.0 Å². The third kappa shape index (κ3) is 3.32. The average Bonchev–Trinajstić information content (AvgIpc) is 3.01. The number of halogens is 1. The summed E-state index contributed by atoms with van der Waals surface area (Å²) >= 11 is 0. The Hall–Kier alpha value is -2.25. The molecule has 1 aliphatic heterocycles. The van der Waals surface area contributed by atoms with Gasteiger partial charge in [0, 0.05) is 37.9 Å². The van der Waals surface area contributed by atoms with Crippen LogP contribution in [-0.2, 0) is 17.7 Å². The van der Waals surface area contributed by atoms with Crippen LogP contribution in [-0.4, -0.2) is 35.8 Å². The SMILES string of the molecule is COC(c1ccc(F)cc1)C(C)NC(=O)c1n[nH]c2c1CNCC2. The van der Waals surface area contributed by atoms with Gasteiger partial charge in [0.05, 0.1) is 6.04 Å². The molecule has 2 atom stereocenters. The minimum atomic E-state index is -0.373. The first-order chi connectivity index (χ1) is 11.6. The number of hydrogen-bond acceptors (Lipinski definition) is 4. The summed E-state index contributed by atoms with van der Waals surface area (Å²) in [4.78, 5) is 12.6. The highest BCUT2D eigenvalue weighted by Crippen LogP contribution is 2.22. The summed E-state index contributed by atoms with van der Waals surface area (Å²) in [7, 11) is 1.57. The van der Waals surface area contributed by atoms with Crippen molar-refractivity contribution in [2.24, 2.45) is 0 Å². The molecule has 7 heteroatoms. The molecule has 3 rings (SSSR count). The number of benzene rings is 1. The number of carbonyl (C=O) groups excluding carboxylic acids is 1. The van der Waals surface area contributed by atoms with E-state index < -0.39 is 0 Å². The number of methoxy groups -OCH3 is 1. The van der Waals surface area contributed by atoms with Gasteiger partial charge in [-0.05, 0) is 24.6 Å². The van der Waals surface area contributed by atoms with Crippen molar-refractivity contribution in [1.29, 1.82) is 0 Å². The zero-order valence-corrected chi connectivity index (χ0v) is 13.7. The van der Waals surface area contributed by atoms with Crippen LogP contribution in [0.2, 0.25) is 0 Å². The molecule has 1 aromatic heterocycles. The van der Waals surface area contributed by atoms with E-state index in [0.717, 1.165) is 29.8 Å². The van der Waals surface area contributed by atoms with Crippen LogP contribution in [0, 0.1) is 5.82 Å². The van der Waals surface area contributed by atoms with Crippen molar-refractivity contribution in [1.82, 2.24) is 20.8 Å². The molecule has 0 saturated heterocycles. The van der Waals surface area contributed by atoms with Gasteiger partial charge in [-0.1, -0.05) is 12.1 Å². The van der Waals surface area contributed by atoms with Crippen LogP contribution < -0.4 is 10.6 Å². The summed E-state index contributed by atoms with van der Waals surface area (Å²) in [5, 5.41) is 13.3. The number of hydrogen-bond donors (Lipinski definition) is 3. The van der Waals surface area contributed by atoms with Crippen molar-refractivity contribution in [3.05, 3.63) is 52.6 Å². The molecular weight excluding hydrogens is 311 g/mol. The molecule has 128 valence electrons. The molecule has 0 spiro atoms. The zero-order chi connectivity index (χ0) is 17.1. The van der Waals surface area contributed by atoms with Gasteiger partial charge in [-0.2, -0.15) is 5.10 Å². The lowest BCUT2D eigenvalue weighted by Crippen LogP contribution is -2.38. The molecule has 0 aliphatic carbocycles. The Kier molecular flexibility index (Phi) is 4.92. The topological polar surface area (TPSA) is 79.0 Å². The van der Waals surface area contributed by atoms with Gasteiger partial charge in [0.15, 0.2) is 5.69 Å². The Labute approximate surface area is 139 Å². The first kappa shape index (κ1) is 16.6. The standard InChI is InChI=1S/C17H21FN4O2/c1-10(16(24-2)11-3-5-12(18)6-4-11)20-17(23)15-13-9-19-8-7-14(13)21-22-15/h3-6,10,16,19H,7-9H2,1-2H3,(H,20,23)(H,21,22).